The lowest BCUT2D eigenvalue weighted by Crippen LogP contribution is -2.46. The molecular formula is C18H22N4O3. The van der Waals surface area contributed by atoms with Crippen molar-refractivity contribution in [3.8, 4) is 17.2 Å². The number of rotatable bonds is 6. The summed E-state index contributed by atoms with van der Waals surface area (Å²) >= 11 is 0. The maximum Gasteiger partial charge on any atom is 0.258 e. The summed E-state index contributed by atoms with van der Waals surface area (Å²) in [7, 11) is 0. The molecule has 7 heteroatoms. The molecule has 1 aliphatic heterocycles. The third-order valence-corrected chi connectivity index (χ3v) is 4.79. The predicted octanol–water partition coefficient (Wildman–Crippen LogP) is 1.86. The number of ether oxygens (including phenoxy) is 1. The van der Waals surface area contributed by atoms with Gasteiger partial charge in [0, 0.05) is 30.7 Å². The Labute approximate surface area is 146 Å². The highest BCUT2D eigenvalue weighted by atomic mass is 16.5. The van der Waals surface area contributed by atoms with Crippen LogP contribution in [0, 0.1) is 0 Å². The van der Waals surface area contributed by atoms with E-state index in [1.165, 1.54) is 19.2 Å². The Hall–Kier alpha value is -2.41. The summed E-state index contributed by atoms with van der Waals surface area (Å²) in [5.74, 6) is 1.04. The molecule has 1 N–H and O–H groups in total. The second-order valence-electron chi connectivity index (χ2n) is 6.67. The highest BCUT2D eigenvalue weighted by molar-refractivity contribution is 5.77. The van der Waals surface area contributed by atoms with Gasteiger partial charge in [-0.2, -0.15) is 0 Å². The SMILES string of the molecule is O=C(COc1ccc(-c2nnco2)cc1)NC1CCN(C2CC2)CC1. The Morgan fingerprint density at radius 3 is 2.60 bits per heavy atom. The van der Waals surface area contributed by atoms with Gasteiger partial charge in [0.2, 0.25) is 12.3 Å². The first-order chi connectivity index (χ1) is 12.3. The molecule has 0 unspecified atom stereocenters. The Morgan fingerprint density at radius 2 is 1.96 bits per heavy atom. The van der Waals surface area contributed by atoms with E-state index in [4.69, 9.17) is 9.15 Å². The first-order valence-electron chi connectivity index (χ1n) is 8.81. The first-order valence-corrected chi connectivity index (χ1v) is 8.81. The second-order valence-corrected chi connectivity index (χ2v) is 6.67. The Bertz CT molecular complexity index is 690. The van der Waals surface area contributed by atoms with Crippen LogP contribution in [0.3, 0.4) is 0 Å². The fraction of sp³-hybridized carbons (Fsp3) is 0.500. The van der Waals surface area contributed by atoms with Gasteiger partial charge in [0.1, 0.15) is 5.75 Å². The van der Waals surface area contributed by atoms with Crippen LogP contribution in [0.25, 0.3) is 11.5 Å². The van der Waals surface area contributed by atoms with E-state index in [9.17, 15) is 4.79 Å². The maximum atomic E-state index is 12.1. The molecular weight excluding hydrogens is 320 g/mol. The summed E-state index contributed by atoms with van der Waals surface area (Å²) in [6, 6.07) is 8.33. The van der Waals surface area contributed by atoms with Crippen molar-refractivity contribution in [3.63, 3.8) is 0 Å². The van der Waals surface area contributed by atoms with Crippen LogP contribution in [-0.4, -0.2) is 52.8 Å². The van der Waals surface area contributed by atoms with Crippen LogP contribution in [0.2, 0.25) is 0 Å². The molecule has 1 aromatic carbocycles. The van der Waals surface area contributed by atoms with Crippen molar-refractivity contribution < 1.29 is 13.9 Å². The van der Waals surface area contributed by atoms with Crippen molar-refractivity contribution in [2.45, 2.75) is 37.8 Å². The minimum Gasteiger partial charge on any atom is -0.484 e. The average molecular weight is 342 g/mol. The zero-order valence-electron chi connectivity index (χ0n) is 14.1. The van der Waals surface area contributed by atoms with E-state index in [2.05, 4.69) is 20.4 Å². The van der Waals surface area contributed by atoms with Gasteiger partial charge in [-0.25, -0.2) is 0 Å². The zero-order valence-corrected chi connectivity index (χ0v) is 14.1. The largest absolute Gasteiger partial charge is 0.484 e. The van der Waals surface area contributed by atoms with E-state index in [1.54, 1.807) is 12.1 Å². The lowest BCUT2D eigenvalue weighted by atomic mass is 10.0. The van der Waals surface area contributed by atoms with E-state index in [0.717, 1.165) is 37.5 Å². The molecule has 4 rings (SSSR count). The number of carbonyl (C=O) groups is 1. The molecule has 2 aliphatic rings. The van der Waals surface area contributed by atoms with Crippen LogP contribution in [0.1, 0.15) is 25.7 Å². The van der Waals surface area contributed by atoms with Gasteiger partial charge in [0.05, 0.1) is 0 Å². The van der Waals surface area contributed by atoms with Gasteiger partial charge in [-0.15, -0.1) is 10.2 Å². The molecule has 1 aromatic heterocycles. The molecule has 1 amide bonds. The molecule has 25 heavy (non-hydrogen) atoms. The molecule has 0 radical (unpaired) electrons. The van der Waals surface area contributed by atoms with Crippen LogP contribution >= 0.6 is 0 Å². The molecule has 2 fully saturated rings. The lowest BCUT2D eigenvalue weighted by Gasteiger charge is -2.32. The van der Waals surface area contributed by atoms with E-state index in [-0.39, 0.29) is 18.6 Å². The standard InChI is InChI=1S/C18H22N4O3/c23-17(20-14-7-9-22(10-8-14)15-3-4-15)11-24-16-5-1-13(2-6-16)18-21-19-12-25-18/h1-2,5-6,12,14-15H,3-4,7-11H2,(H,20,23). The number of carbonyl (C=O) groups excluding carboxylic acids is 1. The number of hydrogen-bond acceptors (Lipinski definition) is 6. The normalized spacial score (nSPS) is 18.9. The van der Waals surface area contributed by atoms with Crippen molar-refractivity contribution in [1.82, 2.24) is 20.4 Å². The average Bonchev–Trinajstić information content (AvgIpc) is 3.35. The van der Waals surface area contributed by atoms with E-state index < -0.39 is 0 Å². The number of benzene rings is 1. The smallest absolute Gasteiger partial charge is 0.258 e. The number of nitrogens with one attached hydrogen (secondary N) is 1. The van der Waals surface area contributed by atoms with Gasteiger partial charge >= 0.3 is 0 Å². The third-order valence-electron chi connectivity index (χ3n) is 4.79. The molecule has 2 aromatic rings. The monoisotopic (exact) mass is 342 g/mol. The summed E-state index contributed by atoms with van der Waals surface area (Å²) in [5, 5.41) is 10.6. The topological polar surface area (TPSA) is 80.5 Å². The van der Waals surface area contributed by atoms with Crippen molar-refractivity contribution in [2.24, 2.45) is 0 Å². The molecule has 132 valence electrons. The van der Waals surface area contributed by atoms with Gasteiger partial charge in [-0.1, -0.05) is 0 Å². The van der Waals surface area contributed by atoms with Gasteiger partial charge in [-0.3, -0.25) is 4.79 Å². The second kappa shape index (κ2) is 7.23. The summed E-state index contributed by atoms with van der Waals surface area (Å²) in [6.07, 6.45) is 6.04. The van der Waals surface area contributed by atoms with E-state index in [1.807, 2.05) is 12.1 Å². The van der Waals surface area contributed by atoms with Gasteiger partial charge < -0.3 is 19.4 Å². The lowest BCUT2D eigenvalue weighted by molar-refractivity contribution is -0.124. The molecule has 7 nitrogen and oxygen atoms in total. The predicted molar refractivity (Wildman–Crippen MR) is 91.0 cm³/mol. The van der Waals surface area contributed by atoms with E-state index >= 15 is 0 Å². The fourth-order valence-corrected chi connectivity index (χ4v) is 3.26. The molecule has 0 spiro atoms. The molecule has 2 heterocycles. The van der Waals surface area contributed by atoms with Gasteiger partial charge in [0.15, 0.2) is 6.61 Å². The number of piperidine rings is 1. The molecule has 1 saturated carbocycles. The Morgan fingerprint density at radius 1 is 1.20 bits per heavy atom. The number of likely N-dealkylation sites (tertiary alicyclic amines) is 1. The first kappa shape index (κ1) is 16.1. The number of hydrogen-bond donors (Lipinski definition) is 1. The van der Waals surface area contributed by atoms with Crippen LogP contribution in [0.15, 0.2) is 35.1 Å². The summed E-state index contributed by atoms with van der Waals surface area (Å²) in [6.45, 7) is 2.21. The zero-order chi connectivity index (χ0) is 17.1. The summed E-state index contributed by atoms with van der Waals surface area (Å²) in [4.78, 5) is 14.6. The highest BCUT2D eigenvalue weighted by Gasteiger charge is 2.32. The summed E-state index contributed by atoms with van der Waals surface area (Å²) in [5.41, 5.74) is 0.816. The molecule has 0 bridgehead atoms. The van der Waals surface area contributed by atoms with Crippen LogP contribution in [0.4, 0.5) is 0 Å². The molecule has 1 saturated heterocycles. The van der Waals surface area contributed by atoms with Crippen molar-refractivity contribution in [1.29, 1.82) is 0 Å². The van der Waals surface area contributed by atoms with Crippen molar-refractivity contribution >= 4 is 5.91 Å². The van der Waals surface area contributed by atoms with Crippen molar-refractivity contribution in [3.05, 3.63) is 30.7 Å². The minimum absolute atomic E-state index is 0.0305. The quantitative estimate of drug-likeness (QED) is 0.863. The molecule has 1 aliphatic carbocycles. The maximum absolute atomic E-state index is 12.1. The summed E-state index contributed by atoms with van der Waals surface area (Å²) < 4.78 is 10.7. The van der Waals surface area contributed by atoms with Gasteiger partial charge in [-0.05, 0) is 49.9 Å². The molecule has 0 atom stereocenters. The number of nitrogens with zero attached hydrogens (tertiary/aromatic N) is 3. The van der Waals surface area contributed by atoms with Gasteiger partial charge in [0.25, 0.3) is 5.91 Å². The van der Waals surface area contributed by atoms with Crippen LogP contribution in [-0.2, 0) is 4.79 Å². The van der Waals surface area contributed by atoms with Crippen LogP contribution < -0.4 is 10.1 Å². The minimum atomic E-state index is -0.0640. The highest BCUT2D eigenvalue weighted by Crippen LogP contribution is 2.29. The number of amides is 1. The van der Waals surface area contributed by atoms with E-state index in [0.29, 0.717) is 11.6 Å². The van der Waals surface area contributed by atoms with Crippen LogP contribution in [0.5, 0.6) is 5.75 Å². The Kier molecular flexibility index (Phi) is 4.65. The van der Waals surface area contributed by atoms with Crippen molar-refractivity contribution in [2.75, 3.05) is 19.7 Å². The number of aromatic nitrogens is 2. The Balaban J connectivity index is 1.21. The fourth-order valence-electron chi connectivity index (χ4n) is 3.26. The third kappa shape index (κ3) is 4.17.